The Morgan fingerprint density at radius 2 is 2.29 bits per heavy atom. The van der Waals surface area contributed by atoms with E-state index in [9.17, 15) is 4.79 Å². The summed E-state index contributed by atoms with van der Waals surface area (Å²) in [6.45, 7) is 4.02. The zero-order valence-corrected chi connectivity index (χ0v) is 8.75. The number of rotatable bonds is 3. The molecule has 4 nitrogen and oxygen atoms in total. The summed E-state index contributed by atoms with van der Waals surface area (Å²) in [6.07, 6.45) is 1.98. The van der Waals surface area contributed by atoms with Crippen LogP contribution in [0.3, 0.4) is 0 Å². The van der Waals surface area contributed by atoms with Crippen LogP contribution in [0.1, 0.15) is 30.2 Å². The summed E-state index contributed by atoms with van der Waals surface area (Å²) in [7, 11) is 0. The number of halogens is 1. The molecule has 0 unspecified atom stereocenters. The Labute approximate surface area is 87.0 Å². The summed E-state index contributed by atoms with van der Waals surface area (Å²) in [6, 6.07) is 0. The second-order valence-electron chi connectivity index (χ2n) is 3.39. The van der Waals surface area contributed by atoms with Gasteiger partial charge in [-0.3, -0.25) is 0 Å². The summed E-state index contributed by atoms with van der Waals surface area (Å²) < 4.78 is 0. The molecule has 0 radical (unpaired) electrons. The first-order chi connectivity index (χ1) is 6.50. The average molecular weight is 215 g/mol. The van der Waals surface area contributed by atoms with E-state index in [1.807, 2.05) is 13.8 Å². The van der Waals surface area contributed by atoms with Gasteiger partial charge in [0.05, 0.1) is 11.2 Å². The maximum atomic E-state index is 10.7. The van der Waals surface area contributed by atoms with Gasteiger partial charge in [0.1, 0.15) is 5.82 Å². The average Bonchev–Trinajstić information content (AvgIpc) is 2.07. The Kier molecular flexibility index (Phi) is 3.41. The lowest BCUT2D eigenvalue weighted by molar-refractivity contribution is 0.0690. The lowest BCUT2D eigenvalue weighted by atomic mass is 10.1. The number of carboxylic acid groups (broad SMARTS) is 1. The van der Waals surface area contributed by atoms with Crippen LogP contribution >= 0.6 is 11.6 Å². The molecule has 0 aliphatic rings. The van der Waals surface area contributed by atoms with Crippen LogP contribution in [0.25, 0.3) is 0 Å². The molecule has 0 fully saturated rings. The highest BCUT2D eigenvalue weighted by Crippen LogP contribution is 2.13. The third-order valence-corrected chi connectivity index (χ3v) is 1.86. The number of hydrogen-bond acceptors (Lipinski definition) is 3. The standard InChI is InChI=1S/C9H11ClN2O2/c1-5(2)3-7-11-4-6(10)8(12-7)9(13)14/h4-5H,3H2,1-2H3,(H,13,14). The molecule has 0 aromatic carbocycles. The van der Waals surface area contributed by atoms with Crippen molar-refractivity contribution in [1.29, 1.82) is 0 Å². The molecule has 0 aliphatic carbocycles. The van der Waals surface area contributed by atoms with Crippen molar-refractivity contribution in [2.45, 2.75) is 20.3 Å². The van der Waals surface area contributed by atoms with Crippen molar-refractivity contribution in [2.24, 2.45) is 5.92 Å². The number of hydrogen-bond donors (Lipinski definition) is 1. The minimum Gasteiger partial charge on any atom is -0.476 e. The quantitative estimate of drug-likeness (QED) is 0.836. The van der Waals surface area contributed by atoms with Crippen molar-refractivity contribution in [1.82, 2.24) is 9.97 Å². The number of aromatic carboxylic acids is 1. The molecule has 0 spiro atoms. The van der Waals surface area contributed by atoms with E-state index in [4.69, 9.17) is 16.7 Å². The molecule has 76 valence electrons. The fourth-order valence-electron chi connectivity index (χ4n) is 1.02. The maximum absolute atomic E-state index is 10.7. The van der Waals surface area contributed by atoms with Gasteiger partial charge in [0.2, 0.25) is 0 Å². The first-order valence-corrected chi connectivity index (χ1v) is 4.63. The summed E-state index contributed by atoms with van der Waals surface area (Å²) in [4.78, 5) is 18.5. The summed E-state index contributed by atoms with van der Waals surface area (Å²) in [5.41, 5.74) is -0.127. The van der Waals surface area contributed by atoms with E-state index < -0.39 is 5.97 Å². The first kappa shape index (κ1) is 10.9. The van der Waals surface area contributed by atoms with Crippen LogP contribution < -0.4 is 0 Å². The molecule has 0 atom stereocenters. The molecule has 14 heavy (non-hydrogen) atoms. The largest absolute Gasteiger partial charge is 0.476 e. The predicted molar refractivity (Wildman–Crippen MR) is 52.5 cm³/mol. The Morgan fingerprint density at radius 3 is 2.79 bits per heavy atom. The molecule has 1 N–H and O–H groups in total. The van der Waals surface area contributed by atoms with Gasteiger partial charge in [0.15, 0.2) is 5.69 Å². The molecule has 1 heterocycles. The normalized spacial score (nSPS) is 10.6. The topological polar surface area (TPSA) is 63.1 Å². The highest BCUT2D eigenvalue weighted by Gasteiger charge is 2.12. The van der Waals surface area contributed by atoms with Gasteiger partial charge in [-0.2, -0.15) is 0 Å². The summed E-state index contributed by atoms with van der Waals surface area (Å²) in [5, 5.41) is 8.82. The van der Waals surface area contributed by atoms with Crippen LogP contribution in [0.5, 0.6) is 0 Å². The lowest BCUT2D eigenvalue weighted by Gasteiger charge is -2.04. The highest BCUT2D eigenvalue weighted by molar-refractivity contribution is 6.33. The van der Waals surface area contributed by atoms with Gasteiger partial charge in [-0.25, -0.2) is 14.8 Å². The van der Waals surface area contributed by atoms with E-state index >= 15 is 0 Å². The van der Waals surface area contributed by atoms with Crippen LogP contribution in [0.2, 0.25) is 5.02 Å². The molecule has 1 rings (SSSR count). The van der Waals surface area contributed by atoms with Gasteiger partial charge in [0, 0.05) is 6.42 Å². The minimum absolute atomic E-state index is 0.0741. The molecular formula is C9H11ClN2O2. The van der Waals surface area contributed by atoms with Gasteiger partial charge >= 0.3 is 5.97 Å². The number of carboxylic acids is 1. The van der Waals surface area contributed by atoms with Crippen LogP contribution in [-0.2, 0) is 6.42 Å². The van der Waals surface area contributed by atoms with Gasteiger partial charge in [-0.15, -0.1) is 0 Å². The third-order valence-electron chi connectivity index (χ3n) is 1.59. The van der Waals surface area contributed by atoms with E-state index in [1.165, 1.54) is 6.20 Å². The zero-order chi connectivity index (χ0) is 10.7. The zero-order valence-electron chi connectivity index (χ0n) is 7.99. The minimum atomic E-state index is -1.12. The van der Waals surface area contributed by atoms with Crippen LogP contribution in [-0.4, -0.2) is 21.0 Å². The van der Waals surface area contributed by atoms with Crippen molar-refractivity contribution in [3.8, 4) is 0 Å². The van der Waals surface area contributed by atoms with Crippen LogP contribution in [0.15, 0.2) is 6.20 Å². The smallest absolute Gasteiger partial charge is 0.356 e. The SMILES string of the molecule is CC(C)Cc1ncc(Cl)c(C(=O)O)n1. The van der Waals surface area contributed by atoms with Crippen molar-refractivity contribution in [3.63, 3.8) is 0 Å². The molecule has 5 heteroatoms. The van der Waals surface area contributed by atoms with E-state index in [2.05, 4.69) is 9.97 Å². The van der Waals surface area contributed by atoms with Crippen LogP contribution in [0.4, 0.5) is 0 Å². The Morgan fingerprint density at radius 1 is 1.64 bits per heavy atom. The van der Waals surface area contributed by atoms with Crippen molar-refractivity contribution in [2.75, 3.05) is 0 Å². The van der Waals surface area contributed by atoms with Gasteiger partial charge < -0.3 is 5.11 Å². The molecule has 0 aliphatic heterocycles. The van der Waals surface area contributed by atoms with E-state index in [1.54, 1.807) is 0 Å². The third kappa shape index (κ3) is 2.67. The maximum Gasteiger partial charge on any atom is 0.356 e. The van der Waals surface area contributed by atoms with Crippen molar-refractivity contribution >= 4 is 17.6 Å². The fraction of sp³-hybridized carbons (Fsp3) is 0.444. The van der Waals surface area contributed by atoms with E-state index in [0.29, 0.717) is 18.2 Å². The number of carbonyl (C=O) groups is 1. The predicted octanol–water partition coefficient (Wildman–Crippen LogP) is 2.03. The number of nitrogens with zero attached hydrogens (tertiary/aromatic N) is 2. The molecule has 0 saturated carbocycles. The lowest BCUT2D eigenvalue weighted by Crippen LogP contribution is -2.08. The van der Waals surface area contributed by atoms with E-state index in [-0.39, 0.29) is 10.7 Å². The molecule has 0 bridgehead atoms. The van der Waals surface area contributed by atoms with Crippen LogP contribution in [0, 0.1) is 5.92 Å². The Balaban J connectivity index is 3.00. The molecule has 1 aromatic rings. The Bertz CT molecular complexity index is 353. The van der Waals surface area contributed by atoms with Gasteiger partial charge in [-0.1, -0.05) is 25.4 Å². The summed E-state index contributed by atoms with van der Waals surface area (Å²) >= 11 is 5.62. The Hall–Kier alpha value is -1.16. The molecule has 0 amide bonds. The number of aromatic nitrogens is 2. The van der Waals surface area contributed by atoms with Crippen molar-refractivity contribution in [3.05, 3.63) is 22.7 Å². The molecule has 0 saturated heterocycles. The van der Waals surface area contributed by atoms with Gasteiger partial charge in [-0.05, 0) is 5.92 Å². The van der Waals surface area contributed by atoms with Crippen molar-refractivity contribution < 1.29 is 9.90 Å². The van der Waals surface area contributed by atoms with E-state index in [0.717, 1.165) is 0 Å². The van der Waals surface area contributed by atoms with Gasteiger partial charge in [0.25, 0.3) is 0 Å². The monoisotopic (exact) mass is 214 g/mol. The highest BCUT2D eigenvalue weighted by atomic mass is 35.5. The second-order valence-corrected chi connectivity index (χ2v) is 3.79. The molecular weight excluding hydrogens is 204 g/mol. The second kappa shape index (κ2) is 4.37. The summed E-state index contributed by atoms with van der Waals surface area (Å²) in [5.74, 6) is -0.220. The molecule has 1 aromatic heterocycles. The first-order valence-electron chi connectivity index (χ1n) is 4.25. The fourth-order valence-corrected chi connectivity index (χ4v) is 1.19.